The Morgan fingerprint density at radius 3 is 1.16 bits per heavy atom. The third-order valence-corrected chi connectivity index (χ3v) is 12.8. The average Bonchev–Trinajstić information content (AvgIpc) is 3.25. The fraction of sp³-hybridized carbons (Fsp3) is 0.927. The van der Waals surface area contributed by atoms with Crippen LogP contribution in [-0.2, 0) is 14.3 Å². The minimum Gasteiger partial charge on any atom is -0.462 e. The second kappa shape index (κ2) is 49.6. The molecule has 3 atom stereocenters. The molecule has 0 saturated carbocycles. The van der Waals surface area contributed by atoms with E-state index in [-0.39, 0.29) is 24.9 Å². The molecule has 0 aromatic rings. The Labute approximate surface area is 380 Å². The summed E-state index contributed by atoms with van der Waals surface area (Å²) < 4.78 is 5.95. The van der Waals surface area contributed by atoms with Crippen molar-refractivity contribution in [3.05, 3.63) is 12.2 Å². The van der Waals surface area contributed by atoms with Crippen LogP contribution in [-0.4, -0.2) is 46.9 Å². The predicted octanol–water partition coefficient (Wildman–Crippen LogP) is 16.5. The summed E-state index contributed by atoms with van der Waals surface area (Å²) in [5.41, 5.74) is 0. The Morgan fingerprint density at radius 1 is 0.459 bits per heavy atom. The summed E-state index contributed by atoms with van der Waals surface area (Å²) in [5, 5.41) is 23.8. The van der Waals surface area contributed by atoms with Crippen LogP contribution in [0.2, 0.25) is 0 Å². The van der Waals surface area contributed by atoms with Gasteiger partial charge in [-0.1, -0.05) is 251 Å². The zero-order chi connectivity index (χ0) is 44.5. The van der Waals surface area contributed by atoms with Gasteiger partial charge in [-0.2, -0.15) is 0 Å². The number of rotatable bonds is 50. The third-order valence-electron chi connectivity index (χ3n) is 12.8. The number of ether oxygens (including phenoxy) is 1. The number of carbonyl (C=O) groups excluding carboxylic acids is 2. The number of hydrogen-bond donors (Lipinski definition) is 3. The molecule has 1 amide bonds. The number of unbranched alkanes of at least 4 members (excludes halogenated alkanes) is 36. The molecule has 0 bridgehead atoms. The van der Waals surface area contributed by atoms with Gasteiger partial charge in [0.2, 0.25) is 5.91 Å². The van der Waals surface area contributed by atoms with Gasteiger partial charge in [0.1, 0.15) is 6.10 Å². The normalized spacial score (nSPS) is 13.2. The van der Waals surface area contributed by atoms with E-state index in [1.807, 2.05) is 0 Å². The van der Waals surface area contributed by atoms with E-state index in [1.54, 1.807) is 0 Å². The molecule has 0 radical (unpaired) electrons. The van der Waals surface area contributed by atoms with Gasteiger partial charge >= 0.3 is 5.97 Å². The molecule has 0 spiro atoms. The molecule has 0 fully saturated rings. The van der Waals surface area contributed by atoms with E-state index >= 15 is 0 Å². The summed E-state index contributed by atoms with van der Waals surface area (Å²) in [7, 11) is 0. The van der Waals surface area contributed by atoms with E-state index in [0.29, 0.717) is 19.3 Å². The first-order valence-corrected chi connectivity index (χ1v) is 27.4. The molecule has 61 heavy (non-hydrogen) atoms. The van der Waals surface area contributed by atoms with Crippen LogP contribution >= 0.6 is 0 Å². The third kappa shape index (κ3) is 45.0. The van der Waals surface area contributed by atoms with Crippen LogP contribution in [0.15, 0.2) is 12.2 Å². The van der Waals surface area contributed by atoms with Gasteiger partial charge in [-0.3, -0.25) is 9.59 Å². The zero-order valence-corrected chi connectivity index (χ0v) is 41.3. The second-order valence-corrected chi connectivity index (χ2v) is 19.0. The minimum atomic E-state index is -0.784. The molecule has 3 unspecified atom stereocenters. The van der Waals surface area contributed by atoms with Gasteiger partial charge in [0.05, 0.1) is 25.2 Å². The van der Waals surface area contributed by atoms with Gasteiger partial charge in [0.15, 0.2) is 0 Å². The number of carbonyl (C=O) groups is 2. The Bertz CT molecular complexity index is 924. The summed E-state index contributed by atoms with van der Waals surface area (Å²) in [6.45, 7) is 6.51. The summed E-state index contributed by atoms with van der Waals surface area (Å²) in [5.74, 6) is -0.462. The summed E-state index contributed by atoms with van der Waals surface area (Å²) in [4.78, 5) is 26.2. The standard InChI is InChI=1S/C55H107NO5/c1-4-7-10-13-16-19-22-25-27-29-31-34-37-40-43-46-51(61-55(60)48-45-42-39-36-33-30-26-23-20-17-14-11-8-5-2)49-54(59)56-52(50-57)53(58)47-44-41-38-35-32-28-24-21-18-15-12-9-6-3/h25,27,51-53,57-58H,4-24,26,28-50H2,1-3H3,(H,56,59)/b27-25+. The minimum absolute atomic E-state index is 0.0792. The molecule has 0 aromatic heterocycles. The molecule has 0 heterocycles. The predicted molar refractivity (Wildman–Crippen MR) is 264 cm³/mol. The Morgan fingerprint density at radius 2 is 0.787 bits per heavy atom. The molecule has 0 aliphatic rings. The van der Waals surface area contributed by atoms with E-state index in [2.05, 4.69) is 38.2 Å². The molecule has 0 aliphatic heterocycles. The monoisotopic (exact) mass is 862 g/mol. The first kappa shape index (κ1) is 59.6. The summed E-state index contributed by atoms with van der Waals surface area (Å²) in [6, 6.07) is -0.698. The Kier molecular flexibility index (Phi) is 48.5. The van der Waals surface area contributed by atoms with Gasteiger partial charge < -0.3 is 20.3 Å². The number of nitrogens with one attached hydrogen (secondary N) is 1. The molecule has 0 rings (SSSR count). The van der Waals surface area contributed by atoms with Crippen molar-refractivity contribution in [3.8, 4) is 0 Å². The lowest BCUT2D eigenvalue weighted by Gasteiger charge is -2.24. The van der Waals surface area contributed by atoms with Crippen molar-refractivity contribution in [2.45, 2.75) is 322 Å². The molecule has 6 nitrogen and oxygen atoms in total. The van der Waals surface area contributed by atoms with Crippen molar-refractivity contribution in [1.29, 1.82) is 0 Å². The highest BCUT2D eigenvalue weighted by molar-refractivity contribution is 5.77. The highest BCUT2D eigenvalue weighted by Gasteiger charge is 2.24. The smallest absolute Gasteiger partial charge is 0.306 e. The summed E-state index contributed by atoms with van der Waals surface area (Å²) >= 11 is 0. The van der Waals surface area contributed by atoms with Crippen molar-refractivity contribution in [2.75, 3.05) is 6.61 Å². The maximum absolute atomic E-state index is 13.2. The van der Waals surface area contributed by atoms with Gasteiger partial charge in [-0.25, -0.2) is 0 Å². The maximum Gasteiger partial charge on any atom is 0.306 e. The quantitative estimate of drug-likeness (QED) is 0.0322. The van der Waals surface area contributed by atoms with Crippen molar-refractivity contribution in [3.63, 3.8) is 0 Å². The number of amides is 1. The lowest BCUT2D eigenvalue weighted by Crippen LogP contribution is -2.46. The lowest BCUT2D eigenvalue weighted by molar-refractivity contribution is -0.151. The topological polar surface area (TPSA) is 95.9 Å². The highest BCUT2D eigenvalue weighted by atomic mass is 16.5. The number of aliphatic hydroxyl groups is 2. The molecule has 362 valence electrons. The Balaban J connectivity index is 4.54. The van der Waals surface area contributed by atoms with Gasteiger partial charge in [-0.05, 0) is 51.4 Å². The average molecular weight is 862 g/mol. The van der Waals surface area contributed by atoms with Crippen LogP contribution in [0.25, 0.3) is 0 Å². The van der Waals surface area contributed by atoms with Crippen LogP contribution in [0, 0.1) is 0 Å². The molecular weight excluding hydrogens is 755 g/mol. The van der Waals surface area contributed by atoms with Crippen LogP contribution in [0.4, 0.5) is 0 Å². The number of esters is 1. The van der Waals surface area contributed by atoms with Crippen LogP contribution in [0.1, 0.15) is 303 Å². The fourth-order valence-corrected chi connectivity index (χ4v) is 8.66. The van der Waals surface area contributed by atoms with Crippen molar-refractivity contribution < 1.29 is 24.5 Å². The van der Waals surface area contributed by atoms with Crippen LogP contribution in [0.5, 0.6) is 0 Å². The largest absolute Gasteiger partial charge is 0.462 e. The molecule has 0 aliphatic carbocycles. The molecule has 3 N–H and O–H groups in total. The van der Waals surface area contributed by atoms with Crippen LogP contribution in [0.3, 0.4) is 0 Å². The van der Waals surface area contributed by atoms with Crippen molar-refractivity contribution >= 4 is 11.9 Å². The Hall–Kier alpha value is -1.40. The van der Waals surface area contributed by atoms with Gasteiger partial charge in [-0.15, -0.1) is 0 Å². The van der Waals surface area contributed by atoms with Crippen molar-refractivity contribution in [2.24, 2.45) is 0 Å². The zero-order valence-electron chi connectivity index (χ0n) is 41.3. The van der Waals surface area contributed by atoms with E-state index in [4.69, 9.17) is 4.74 Å². The first-order chi connectivity index (χ1) is 30.0. The lowest BCUT2D eigenvalue weighted by atomic mass is 10.0. The number of allylic oxidation sites excluding steroid dienone is 2. The molecular formula is C55H107NO5. The molecule has 0 saturated heterocycles. The first-order valence-electron chi connectivity index (χ1n) is 27.4. The van der Waals surface area contributed by atoms with Crippen molar-refractivity contribution in [1.82, 2.24) is 5.32 Å². The van der Waals surface area contributed by atoms with E-state index in [1.165, 1.54) is 199 Å². The molecule has 0 aromatic carbocycles. The van der Waals surface area contributed by atoms with E-state index in [9.17, 15) is 19.8 Å². The SMILES string of the molecule is CCCCCCCC/C=C/CCCCCCCC(CC(=O)NC(CO)C(O)CCCCCCCCCCCCCCC)OC(=O)CCCCCCCCCCCCCCCC. The maximum atomic E-state index is 13.2. The highest BCUT2D eigenvalue weighted by Crippen LogP contribution is 2.18. The van der Waals surface area contributed by atoms with E-state index < -0.39 is 18.2 Å². The fourth-order valence-electron chi connectivity index (χ4n) is 8.66. The molecule has 6 heteroatoms. The second-order valence-electron chi connectivity index (χ2n) is 19.0. The van der Waals surface area contributed by atoms with E-state index in [0.717, 1.165) is 57.8 Å². The summed E-state index contributed by atoms with van der Waals surface area (Å²) in [6.07, 6.45) is 55.5. The number of hydrogen-bond acceptors (Lipinski definition) is 5. The number of aliphatic hydroxyl groups excluding tert-OH is 2. The van der Waals surface area contributed by atoms with Gasteiger partial charge in [0, 0.05) is 6.42 Å². The van der Waals surface area contributed by atoms with Gasteiger partial charge in [0.25, 0.3) is 0 Å². The van der Waals surface area contributed by atoms with Crippen LogP contribution < -0.4 is 5.32 Å².